The van der Waals surface area contributed by atoms with Crippen LogP contribution in [0.15, 0.2) is 48.5 Å². The molecule has 8 heteroatoms. The van der Waals surface area contributed by atoms with Crippen LogP contribution < -0.4 is 10.6 Å². The lowest BCUT2D eigenvalue weighted by Crippen LogP contribution is -2.41. The molecule has 0 atom stereocenters. The molecular formula is C18H16Cl2N2O4. The van der Waals surface area contributed by atoms with E-state index in [4.69, 9.17) is 27.9 Å². The molecule has 2 aromatic carbocycles. The lowest BCUT2D eigenvalue weighted by molar-refractivity contribution is -0.147. The number of hydrogen-bond donors (Lipinski definition) is 2. The van der Waals surface area contributed by atoms with E-state index >= 15 is 0 Å². The lowest BCUT2D eigenvalue weighted by Gasteiger charge is -2.08. The van der Waals surface area contributed by atoms with Crippen LogP contribution in [0.3, 0.4) is 0 Å². The molecule has 0 heterocycles. The van der Waals surface area contributed by atoms with Gasteiger partial charge in [-0.05, 0) is 23.3 Å². The fourth-order valence-corrected chi connectivity index (χ4v) is 2.48. The molecular weight excluding hydrogens is 379 g/mol. The average Bonchev–Trinajstić information content (AvgIpc) is 2.61. The number of esters is 1. The van der Waals surface area contributed by atoms with Gasteiger partial charge in [0.25, 0.3) is 5.91 Å². The van der Waals surface area contributed by atoms with Crippen molar-refractivity contribution in [1.29, 1.82) is 0 Å². The summed E-state index contributed by atoms with van der Waals surface area (Å²) in [6.07, 6.45) is -0.108. The van der Waals surface area contributed by atoms with E-state index < -0.39 is 24.5 Å². The topological polar surface area (TPSA) is 84.5 Å². The SMILES string of the molecule is O=C(COC(=O)Cc1ccc(Cl)cc1Cl)NC(=O)NCc1ccccc1. The van der Waals surface area contributed by atoms with E-state index in [-0.39, 0.29) is 13.0 Å². The second kappa shape index (κ2) is 9.79. The monoisotopic (exact) mass is 394 g/mol. The molecule has 2 aromatic rings. The summed E-state index contributed by atoms with van der Waals surface area (Å²) < 4.78 is 4.83. The first kappa shape index (κ1) is 19.8. The van der Waals surface area contributed by atoms with Crippen LogP contribution in [-0.2, 0) is 27.3 Å². The minimum Gasteiger partial charge on any atom is -0.455 e. The molecule has 0 aliphatic carbocycles. The third-order valence-corrected chi connectivity index (χ3v) is 3.85. The number of benzene rings is 2. The van der Waals surface area contributed by atoms with Gasteiger partial charge in [-0.15, -0.1) is 0 Å². The number of amides is 3. The summed E-state index contributed by atoms with van der Waals surface area (Å²) in [5.74, 6) is -1.37. The number of hydrogen-bond acceptors (Lipinski definition) is 4. The maximum atomic E-state index is 11.8. The molecule has 3 amide bonds. The van der Waals surface area contributed by atoms with Gasteiger partial charge >= 0.3 is 12.0 Å². The number of urea groups is 1. The highest BCUT2D eigenvalue weighted by molar-refractivity contribution is 6.35. The molecule has 0 spiro atoms. The van der Waals surface area contributed by atoms with Crippen LogP contribution in [0.2, 0.25) is 10.0 Å². The van der Waals surface area contributed by atoms with Crippen LogP contribution in [0, 0.1) is 0 Å². The molecule has 6 nitrogen and oxygen atoms in total. The van der Waals surface area contributed by atoms with E-state index in [1.54, 1.807) is 12.1 Å². The van der Waals surface area contributed by atoms with Gasteiger partial charge < -0.3 is 10.1 Å². The van der Waals surface area contributed by atoms with Crippen LogP contribution in [0.4, 0.5) is 4.79 Å². The zero-order valence-electron chi connectivity index (χ0n) is 13.6. The molecule has 0 radical (unpaired) electrons. The Bertz CT molecular complexity index is 797. The number of carbonyl (C=O) groups excluding carboxylic acids is 3. The zero-order valence-corrected chi connectivity index (χ0v) is 15.1. The van der Waals surface area contributed by atoms with Crippen molar-refractivity contribution in [2.45, 2.75) is 13.0 Å². The van der Waals surface area contributed by atoms with E-state index in [2.05, 4.69) is 10.6 Å². The Morgan fingerprint density at radius 2 is 1.73 bits per heavy atom. The highest BCUT2D eigenvalue weighted by atomic mass is 35.5. The van der Waals surface area contributed by atoms with E-state index in [1.807, 2.05) is 30.3 Å². The van der Waals surface area contributed by atoms with Gasteiger partial charge in [0, 0.05) is 16.6 Å². The molecule has 0 aliphatic heterocycles. The summed E-state index contributed by atoms with van der Waals surface area (Å²) in [5.41, 5.74) is 1.42. The number of rotatable bonds is 6. The van der Waals surface area contributed by atoms with E-state index in [1.165, 1.54) is 6.07 Å². The number of nitrogens with one attached hydrogen (secondary N) is 2. The number of ether oxygens (including phenoxy) is 1. The first-order chi connectivity index (χ1) is 12.4. The Kier molecular flexibility index (Phi) is 7.44. The van der Waals surface area contributed by atoms with Gasteiger partial charge in [0.05, 0.1) is 6.42 Å². The van der Waals surface area contributed by atoms with Crippen LogP contribution in [0.25, 0.3) is 0 Å². The van der Waals surface area contributed by atoms with Crippen molar-refractivity contribution in [2.24, 2.45) is 0 Å². The van der Waals surface area contributed by atoms with Crippen molar-refractivity contribution >= 4 is 41.1 Å². The summed E-state index contributed by atoms with van der Waals surface area (Å²) in [6, 6.07) is 13.3. The largest absolute Gasteiger partial charge is 0.455 e. The Labute approximate surface area is 160 Å². The van der Waals surface area contributed by atoms with Crippen molar-refractivity contribution < 1.29 is 19.1 Å². The van der Waals surface area contributed by atoms with Crippen molar-refractivity contribution in [3.05, 3.63) is 69.7 Å². The number of halogens is 2. The number of imide groups is 1. The number of carbonyl (C=O) groups is 3. The zero-order chi connectivity index (χ0) is 18.9. The molecule has 0 bridgehead atoms. The lowest BCUT2D eigenvalue weighted by atomic mass is 10.1. The van der Waals surface area contributed by atoms with Crippen molar-refractivity contribution in [3.63, 3.8) is 0 Å². The standard InChI is InChI=1S/C18H16Cl2N2O4/c19-14-7-6-13(15(20)9-14)8-17(24)26-11-16(23)22-18(25)21-10-12-4-2-1-3-5-12/h1-7,9H,8,10-11H2,(H2,21,22,23,25). The normalized spacial score (nSPS) is 10.1. The molecule has 0 saturated carbocycles. The van der Waals surface area contributed by atoms with Gasteiger partial charge in [-0.3, -0.25) is 14.9 Å². The fraction of sp³-hybridized carbons (Fsp3) is 0.167. The molecule has 0 saturated heterocycles. The maximum absolute atomic E-state index is 11.8. The third kappa shape index (κ3) is 6.74. The van der Waals surface area contributed by atoms with E-state index in [0.29, 0.717) is 15.6 Å². The smallest absolute Gasteiger partial charge is 0.321 e. The van der Waals surface area contributed by atoms with Gasteiger partial charge in [0.1, 0.15) is 0 Å². The van der Waals surface area contributed by atoms with E-state index in [9.17, 15) is 14.4 Å². The maximum Gasteiger partial charge on any atom is 0.321 e. The molecule has 2 N–H and O–H groups in total. The van der Waals surface area contributed by atoms with Gasteiger partial charge in [-0.2, -0.15) is 0 Å². The van der Waals surface area contributed by atoms with Crippen molar-refractivity contribution in [2.75, 3.05) is 6.61 Å². The van der Waals surface area contributed by atoms with Crippen molar-refractivity contribution in [3.8, 4) is 0 Å². The van der Waals surface area contributed by atoms with E-state index in [0.717, 1.165) is 5.56 Å². The van der Waals surface area contributed by atoms with Gasteiger partial charge in [0.15, 0.2) is 6.61 Å². The molecule has 0 fully saturated rings. The first-order valence-corrected chi connectivity index (χ1v) is 8.41. The minimum absolute atomic E-state index is 0.108. The van der Waals surface area contributed by atoms with Gasteiger partial charge in [-0.1, -0.05) is 59.6 Å². The first-order valence-electron chi connectivity index (χ1n) is 7.65. The summed E-state index contributed by atoms with van der Waals surface area (Å²) >= 11 is 11.7. The molecule has 2 rings (SSSR count). The Balaban J connectivity index is 1.70. The highest BCUT2D eigenvalue weighted by Gasteiger charge is 2.13. The van der Waals surface area contributed by atoms with Crippen LogP contribution in [0.5, 0.6) is 0 Å². The quantitative estimate of drug-likeness (QED) is 0.737. The molecule has 0 aromatic heterocycles. The highest BCUT2D eigenvalue weighted by Crippen LogP contribution is 2.21. The van der Waals surface area contributed by atoms with Gasteiger partial charge in [-0.25, -0.2) is 4.79 Å². The summed E-state index contributed by atoms with van der Waals surface area (Å²) in [4.78, 5) is 35.0. The average molecular weight is 395 g/mol. The third-order valence-electron chi connectivity index (χ3n) is 3.26. The van der Waals surface area contributed by atoms with Crippen LogP contribution in [-0.4, -0.2) is 24.5 Å². The molecule has 0 aliphatic rings. The predicted octanol–water partition coefficient (Wildman–Crippen LogP) is 3.11. The Morgan fingerprint density at radius 3 is 2.42 bits per heavy atom. The fourth-order valence-electron chi connectivity index (χ4n) is 2.00. The van der Waals surface area contributed by atoms with Gasteiger partial charge in [0.2, 0.25) is 0 Å². The van der Waals surface area contributed by atoms with Crippen molar-refractivity contribution in [1.82, 2.24) is 10.6 Å². The summed E-state index contributed by atoms with van der Waals surface area (Å²) in [6.45, 7) is -0.294. The second-order valence-corrected chi connectivity index (χ2v) is 6.13. The second-order valence-electron chi connectivity index (χ2n) is 5.29. The summed E-state index contributed by atoms with van der Waals surface area (Å²) in [7, 11) is 0. The Morgan fingerprint density at radius 1 is 1.00 bits per heavy atom. The van der Waals surface area contributed by atoms with Crippen LogP contribution in [0.1, 0.15) is 11.1 Å². The minimum atomic E-state index is -0.730. The molecule has 26 heavy (non-hydrogen) atoms. The predicted molar refractivity (Wildman–Crippen MR) is 97.9 cm³/mol. The summed E-state index contributed by atoms with van der Waals surface area (Å²) in [5, 5.41) is 5.39. The van der Waals surface area contributed by atoms with Crippen LogP contribution >= 0.6 is 23.2 Å². The Hall–Kier alpha value is -2.57. The molecule has 0 unspecified atom stereocenters. The molecule has 136 valence electrons.